The van der Waals surface area contributed by atoms with Gasteiger partial charge in [0.05, 0.1) is 13.1 Å². The van der Waals surface area contributed by atoms with Gasteiger partial charge in [0.25, 0.3) is 0 Å². The van der Waals surface area contributed by atoms with Crippen LogP contribution in [0.2, 0.25) is 0 Å². The number of rotatable bonds is 6. The first kappa shape index (κ1) is 11.7. The molecule has 0 bridgehead atoms. The summed E-state index contributed by atoms with van der Waals surface area (Å²) in [7, 11) is 0. The lowest BCUT2D eigenvalue weighted by Gasteiger charge is -2.02. The van der Waals surface area contributed by atoms with Crippen molar-refractivity contribution in [3.63, 3.8) is 0 Å². The second-order valence-electron chi connectivity index (χ2n) is 3.36. The van der Waals surface area contributed by atoms with Crippen LogP contribution in [-0.4, -0.2) is 19.1 Å². The van der Waals surface area contributed by atoms with Gasteiger partial charge < -0.3 is 15.2 Å². The summed E-state index contributed by atoms with van der Waals surface area (Å²) in [5.74, 6) is -1.26. The van der Waals surface area contributed by atoms with Crippen molar-refractivity contribution in [1.82, 2.24) is 0 Å². The van der Waals surface area contributed by atoms with Crippen LogP contribution in [0.4, 0.5) is 4.39 Å². The van der Waals surface area contributed by atoms with Crippen LogP contribution in [0, 0.1) is 5.82 Å². The average molecular weight is 211 g/mol. The number of carboxylic acids is 1. The number of benzene rings is 1. The van der Waals surface area contributed by atoms with E-state index in [1.54, 1.807) is 12.1 Å². The molecule has 0 spiro atoms. The SMILES string of the molecule is O=C([O-])CC[NH2+]CCc1ccc(F)cc1. The van der Waals surface area contributed by atoms with Gasteiger partial charge in [-0.05, 0) is 17.7 Å². The fraction of sp³-hybridized carbons (Fsp3) is 0.364. The van der Waals surface area contributed by atoms with Crippen LogP contribution in [0.25, 0.3) is 0 Å². The highest BCUT2D eigenvalue weighted by molar-refractivity contribution is 5.64. The van der Waals surface area contributed by atoms with Gasteiger partial charge in [-0.1, -0.05) is 12.1 Å². The number of nitrogens with two attached hydrogens (primary N) is 1. The van der Waals surface area contributed by atoms with Crippen molar-refractivity contribution in [2.75, 3.05) is 13.1 Å². The smallest absolute Gasteiger partial charge is 0.123 e. The minimum Gasteiger partial charge on any atom is -0.550 e. The van der Waals surface area contributed by atoms with Crippen molar-refractivity contribution in [2.45, 2.75) is 12.8 Å². The maximum atomic E-state index is 12.5. The molecular weight excluding hydrogens is 197 g/mol. The molecule has 0 unspecified atom stereocenters. The van der Waals surface area contributed by atoms with Crippen LogP contribution in [0.1, 0.15) is 12.0 Å². The summed E-state index contributed by atoms with van der Waals surface area (Å²) in [6, 6.07) is 6.33. The Morgan fingerprint density at radius 1 is 1.27 bits per heavy atom. The number of quaternary nitrogens is 1. The van der Waals surface area contributed by atoms with Gasteiger partial charge in [0, 0.05) is 18.8 Å². The molecule has 0 heterocycles. The highest BCUT2D eigenvalue weighted by atomic mass is 19.1. The molecule has 82 valence electrons. The molecule has 1 aromatic carbocycles. The Bertz CT molecular complexity index is 311. The summed E-state index contributed by atoms with van der Waals surface area (Å²) in [6.07, 6.45) is 0.886. The molecule has 1 aromatic rings. The Hall–Kier alpha value is -1.42. The Morgan fingerprint density at radius 3 is 2.53 bits per heavy atom. The maximum absolute atomic E-state index is 12.5. The number of carbonyl (C=O) groups is 1. The lowest BCUT2D eigenvalue weighted by molar-refractivity contribution is -0.653. The standard InChI is InChI=1S/C11H14FNO2/c12-10-3-1-9(2-4-10)5-7-13-8-6-11(14)15/h1-4,13H,5-8H2,(H,14,15). The summed E-state index contributed by atoms with van der Waals surface area (Å²) in [5.41, 5.74) is 1.06. The van der Waals surface area contributed by atoms with Crippen LogP contribution in [0.5, 0.6) is 0 Å². The molecule has 0 aliphatic rings. The molecule has 0 radical (unpaired) electrons. The van der Waals surface area contributed by atoms with E-state index in [1.807, 2.05) is 5.32 Å². The molecule has 4 heteroatoms. The van der Waals surface area contributed by atoms with Gasteiger partial charge in [-0.15, -0.1) is 0 Å². The molecule has 2 N–H and O–H groups in total. The molecule has 0 saturated heterocycles. The molecule has 15 heavy (non-hydrogen) atoms. The van der Waals surface area contributed by atoms with Crippen LogP contribution in [0.15, 0.2) is 24.3 Å². The first-order chi connectivity index (χ1) is 7.18. The summed E-state index contributed by atoms with van der Waals surface area (Å²) in [5, 5.41) is 12.0. The van der Waals surface area contributed by atoms with E-state index >= 15 is 0 Å². The van der Waals surface area contributed by atoms with Crippen LogP contribution in [0.3, 0.4) is 0 Å². The molecule has 0 saturated carbocycles. The molecule has 1 rings (SSSR count). The number of hydrogen-bond acceptors (Lipinski definition) is 2. The largest absolute Gasteiger partial charge is 0.550 e. The van der Waals surface area contributed by atoms with Crippen molar-refractivity contribution in [3.05, 3.63) is 35.6 Å². The highest BCUT2D eigenvalue weighted by Gasteiger charge is 1.96. The highest BCUT2D eigenvalue weighted by Crippen LogP contribution is 2.01. The predicted octanol–water partition coefficient (Wildman–Crippen LogP) is -0.928. The van der Waals surface area contributed by atoms with Crippen molar-refractivity contribution in [1.29, 1.82) is 0 Å². The maximum Gasteiger partial charge on any atom is 0.123 e. The number of carboxylic acid groups (broad SMARTS) is 1. The fourth-order valence-electron chi connectivity index (χ4n) is 1.28. The summed E-state index contributed by atoms with van der Waals surface area (Å²) < 4.78 is 12.5. The summed E-state index contributed by atoms with van der Waals surface area (Å²) in [6.45, 7) is 1.34. The average Bonchev–Trinajstić information content (AvgIpc) is 2.20. The van der Waals surface area contributed by atoms with E-state index in [1.165, 1.54) is 12.1 Å². The molecule has 0 atom stereocenters. The molecule has 0 amide bonds. The number of hydrogen-bond donors (Lipinski definition) is 1. The molecule has 0 aromatic heterocycles. The third-order valence-electron chi connectivity index (χ3n) is 2.10. The molecule has 0 aliphatic carbocycles. The van der Waals surface area contributed by atoms with Crippen LogP contribution < -0.4 is 10.4 Å². The van der Waals surface area contributed by atoms with E-state index in [9.17, 15) is 14.3 Å². The quantitative estimate of drug-likeness (QED) is 0.618. The van der Waals surface area contributed by atoms with E-state index in [0.717, 1.165) is 18.5 Å². The van der Waals surface area contributed by atoms with E-state index < -0.39 is 5.97 Å². The Morgan fingerprint density at radius 2 is 1.93 bits per heavy atom. The number of carbonyl (C=O) groups excluding carboxylic acids is 1. The third-order valence-corrected chi connectivity index (χ3v) is 2.10. The second kappa shape index (κ2) is 6.14. The van der Waals surface area contributed by atoms with Crippen molar-refractivity contribution < 1.29 is 19.6 Å². The first-order valence-electron chi connectivity index (χ1n) is 4.94. The van der Waals surface area contributed by atoms with Gasteiger partial charge in [0.15, 0.2) is 0 Å². The van der Waals surface area contributed by atoms with Gasteiger partial charge in [-0.25, -0.2) is 4.39 Å². The zero-order valence-corrected chi connectivity index (χ0v) is 8.41. The summed E-state index contributed by atoms with van der Waals surface area (Å²) in [4.78, 5) is 10.1. The minimum atomic E-state index is -1.02. The van der Waals surface area contributed by atoms with E-state index in [2.05, 4.69) is 0 Å². The predicted molar refractivity (Wildman–Crippen MR) is 51.4 cm³/mol. The van der Waals surface area contributed by atoms with Gasteiger partial charge in [-0.3, -0.25) is 0 Å². The Balaban J connectivity index is 2.15. The first-order valence-corrected chi connectivity index (χ1v) is 4.94. The zero-order chi connectivity index (χ0) is 11.1. The zero-order valence-electron chi connectivity index (χ0n) is 8.41. The van der Waals surface area contributed by atoms with Gasteiger partial charge >= 0.3 is 0 Å². The number of aliphatic carboxylic acids is 1. The molecule has 0 aliphatic heterocycles. The number of halogens is 1. The molecule has 3 nitrogen and oxygen atoms in total. The molecule has 0 fully saturated rings. The lowest BCUT2D eigenvalue weighted by Crippen LogP contribution is -2.85. The summed E-state index contributed by atoms with van der Waals surface area (Å²) >= 11 is 0. The molecular formula is C11H14FNO2. The normalized spacial score (nSPS) is 10.2. The minimum absolute atomic E-state index is 0.0728. The van der Waals surface area contributed by atoms with Gasteiger partial charge in [0.2, 0.25) is 0 Å². The van der Waals surface area contributed by atoms with Gasteiger partial charge in [-0.2, -0.15) is 0 Å². The Labute approximate surface area is 87.9 Å². The topological polar surface area (TPSA) is 56.7 Å². The monoisotopic (exact) mass is 211 g/mol. The van der Waals surface area contributed by atoms with E-state index in [0.29, 0.717) is 6.54 Å². The van der Waals surface area contributed by atoms with Crippen LogP contribution >= 0.6 is 0 Å². The lowest BCUT2D eigenvalue weighted by atomic mass is 10.1. The van der Waals surface area contributed by atoms with Crippen molar-refractivity contribution in [2.24, 2.45) is 0 Å². The van der Waals surface area contributed by atoms with Crippen molar-refractivity contribution >= 4 is 5.97 Å². The van der Waals surface area contributed by atoms with E-state index in [4.69, 9.17) is 0 Å². The second-order valence-corrected chi connectivity index (χ2v) is 3.36. The Kier molecular flexibility index (Phi) is 4.77. The van der Waals surface area contributed by atoms with Gasteiger partial charge in [0.1, 0.15) is 5.82 Å². The third kappa shape index (κ3) is 5.12. The van der Waals surface area contributed by atoms with E-state index in [-0.39, 0.29) is 12.2 Å². The van der Waals surface area contributed by atoms with Crippen LogP contribution in [-0.2, 0) is 11.2 Å². The fourth-order valence-corrected chi connectivity index (χ4v) is 1.28. The van der Waals surface area contributed by atoms with Crippen molar-refractivity contribution in [3.8, 4) is 0 Å².